The third-order valence-corrected chi connectivity index (χ3v) is 7.52. The SMILES string of the molecule is O=C(NCCO)C1=CC(Oc2ccccc2I)C(O)C(N(Cc2ccccc2)C(=O)c2ccc(C(F)(F)F)cc2)C1. The Morgan fingerprint density at radius 2 is 1.66 bits per heavy atom. The summed E-state index contributed by atoms with van der Waals surface area (Å²) in [5, 5.41) is 23.3. The molecule has 0 heterocycles. The number of para-hydroxylation sites is 1. The number of carbonyl (C=O) groups excluding carboxylic acids is 2. The number of ether oxygens (including phenoxy) is 1. The second-order valence-electron chi connectivity index (χ2n) is 9.44. The lowest BCUT2D eigenvalue weighted by Crippen LogP contribution is -2.54. The lowest BCUT2D eigenvalue weighted by Gasteiger charge is -2.40. The number of alkyl halides is 3. The summed E-state index contributed by atoms with van der Waals surface area (Å²) in [7, 11) is 0. The van der Waals surface area contributed by atoms with Crippen molar-refractivity contribution in [2.45, 2.75) is 37.4 Å². The van der Waals surface area contributed by atoms with Gasteiger partial charge in [0.05, 0.1) is 21.8 Å². The Labute approximate surface area is 248 Å². The first-order valence-corrected chi connectivity index (χ1v) is 13.9. The van der Waals surface area contributed by atoms with Gasteiger partial charge in [0.1, 0.15) is 18.0 Å². The molecule has 41 heavy (non-hydrogen) atoms. The third-order valence-electron chi connectivity index (χ3n) is 6.63. The normalized spacial score (nSPS) is 18.8. The molecule has 4 rings (SSSR count). The fraction of sp³-hybridized carbons (Fsp3) is 0.267. The van der Waals surface area contributed by atoms with Gasteiger partial charge in [-0.05, 0) is 70.6 Å². The van der Waals surface area contributed by atoms with Gasteiger partial charge in [-0.25, -0.2) is 0 Å². The van der Waals surface area contributed by atoms with Crippen LogP contribution in [0.5, 0.6) is 5.75 Å². The molecular formula is C30H28F3IN2O5. The van der Waals surface area contributed by atoms with Crippen LogP contribution in [-0.4, -0.2) is 58.3 Å². The fourth-order valence-corrected chi connectivity index (χ4v) is 5.07. The Bertz CT molecular complexity index is 1380. The summed E-state index contributed by atoms with van der Waals surface area (Å²) >= 11 is 2.08. The number of hydrogen-bond donors (Lipinski definition) is 3. The van der Waals surface area contributed by atoms with Crippen LogP contribution in [0, 0.1) is 3.57 Å². The van der Waals surface area contributed by atoms with Crippen LogP contribution in [0.2, 0.25) is 0 Å². The van der Waals surface area contributed by atoms with E-state index >= 15 is 0 Å². The lowest BCUT2D eigenvalue weighted by molar-refractivity contribution is -0.137. The number of amides is 2. The molecular weight excluding hydrogens is 652 g/mol. The number of aliphatic hydroxyl groups excluding tert-OH is 2. The zero-order valence-corrected chi connectivity index (χ0v) is 23.9. The number of hydrogen-bond acceptors (Lipinski definition) is 5. The van der Waals surface area contributed by atoms with Gasteiger partial charge in [0.2, 0.25) is 5.91 Å². The van der Waals surface area contributed by atoms with E-state index in [1.165, 1.54) is 11.0 Å². The Morgan fingerprint density at radius 1 is 1.00 bits per heavy atom. The van der Waals surface area contributed by atoms with Crippen molar-refractivity contribution in [1.82, 2.24) is 10.2 Å². The minimum Gasteiger partial charge on any atom is -0.482 e. The van der Waals surface area contributed by atoms with Gasteiger partial charge in [0.25, 0.3) is 5.91 Å². The van der Waals surface area contributed by atoms with Crippen LogP contribution < -0.4 is 10.1 Å². The van der Waals surface area contributed by atoms with Gasteiger partial charge >= 0.3 is 6.18 Å². The van der Waals surface area contributed by atoms with Gasteiger partial charge in [-0.2, -0.15) is 13.2 Å². The van der Waals surface area contributed by atoms with E-state index in [1.54, 1.807) is 42.5 Å². The van der Waals surface area contributed by atoms with Crippen LogP contribution in [0.25, 0.3) is 0 Å². The Kier molecular flexibility index (Phi) is 10.1. The molecule has 7 nitrogen and oxygen atoms in total. The molecule has 0 saturated heterocycles. The highest BCUT2D eigenvalue weighted by Gasteiger charge is 2.41. The number of nitrogens with zero attached hydrogens (tertiary/aromatic N) is 1. The molecule has 3 unspecified atom stereocenters. The van der Waals surface area contributed by atoms with E-state index in [0.29, 0.717) is 5.75 Å². The lowest BCUT2D eigenvalue weighted by atomic mass is 9.87. The molecule has 3 aromatic carbocycles. The summed E-state index contributed by atoms with van der Waals surface area (Å²) in [6.07, 6.45) is -5.43. The van der Waals surface area contributed by atoms with Crippen molar-refractivity contribution in [2.24, 2.45) is 0 Å². The molecule has 2 amide bonds. The summed E-state index contributed by atoms with van der Waals surface area (Å²) in [5.41, 5.74) is 0.0638. The summed E-state index contributed by atoms with van der Waals surface area (Å²) in [6.45, 7) is -0.257. The van der Waals surface area contributed by atoms with Crippen LogP contribution in [-0.2, 0) is 17.5 Å². The van der Waals surface area contributed by atoms with E-state index in [9.17, 15) is 33.0 Å². The standard InChI is InChI=1S/C30H28F3IN2O5/c31-30(32,33)22-12-10-20(11-13-22)29(40)36(18-19-6-2-1-3-7-19)24-16-21(28(39)35-14-15-37)17-26(27(24)38)41-25-9-5-4-8-23(25)34/h1-13,17,24,26-27,37-38H,14-16,18H2,(H,35,39). The summed E-state index contributed by atoms with van der Waals surface area (Å²) < 4.78 is 46.4. The summed E-state index contributed by atoms with van der Waals surface area (Å²) in [5.74, 6) is -0.640. The third kappa shape index (κ3) is 7.66. The minimum absolute atomic E-state index is 0.00274. The predicted octanol–water partition coefficient (Wildman–Crippen LogP) is 4.57. The number of rotatable bonds is 9. The average Bonchev–Trinajstić information content (AvgIpc) is 2.96. The van der Waals surface area contributed by atoms with Crippen LogP contribution in [0.3, 0.4) is 0 Å². The van der Waals surface area contributed by atoms with Gasteiger partial charge in [-0.1, -0.05) is 42.5 Å². The highest BCUT2D eigenvalue weighted by Crippen LogP contribution is 2.32. The molecule has 3 aromatic rings. The number of carbonyl (C=O) groups is 2. The number of benzene rings is 3. The monoisotopic (exact) mass is 680 g/mol. The Hall–Kier alpha value is -3.42. The van der Waals surface area contributed by atoms with Crippen LogP contribution in [0.1, 0.15) is 27.9 Å². The van der Waals surface area contributed by atoms with Crippen molar-refractivity contribution in [1.29, 1.82) is 0 Å². The first-order chi connectivity index (χ1) is 19.6. The maximum absolute atomic E-state index is 13.9. The second-order valence-corrected chi connectivity index (χ2v) is 10.6. The first-order valence-electron chi connectivity index (χ1n) is 12.8. The van der Waals surface area contributed by atoms with Gasteiger partial charge in [0.15, 0.2) is 0 Å². The fourth-order valence-electron chi connectivity index (χ4n) is 4.55. The predicted molar refractivity (Wildman–Crippen MR) is 154 cm³/mol. The molecule has 1 aliphatic carbocycles. The van der Waals surface area contributed by atoms with E-state index in [0.717, 1.165) is 33.4 Å². The smallest absolute Gasteiger partial charge is 0.416 e. The molecule has 216 valence electrons. The minimum atomic E-state index is -4.56. The molecule has 11 heteroatoms. The number of aliphatic hydroxyl groups is 2. The molecule has 3 atom stereocenters. The molecule has 3 N–H and O–H groups in total. The highest BCUT2D eigenvalue weighted by atomic mass is 127. The topological polar surface area (TPSA) is 99.1 Å². The summed E-state index contributed by atoms with van der Waals surface area (Å²) in [6, 6.07) is 19.0. The maximum Gasteiger partial charge on any atom is 0.416 e. The van der Waals surface area contributed by atoms with Gasteiger partial charge < -0.3 is 25.2 Å². The van der Waals surface area contributed by atoms with Crippen molar-refractivity contribution in [3.63, 3.8) is 0 Å². The van der Waals surface area contributed by atoms with Crippen molar-refractivity contribution >= 4 is 34.4 Å². The molecule has 0 bridgehead atoms. The highest BCUT2D eigenvalue weighted by molar-refractivity contribution is 14.1. The summed E-state index contributed by atoms with van der Waals surface area (Å²) in [4.78, 5) is 28.2. The Balaban J connectivity index is 1.73. The number of nitrogens with one attached hydrogen (secondary N) is 1. The molecule has 0 spiro atoms. The van der Waals surface area contributed by atoms with Gasteiger partial charge in [-0.3, -0.25) is 9.59 Å². The zero-order chi connectivity index (χ0) is 29.6. The second kappa shape index (κ2) is 13.5. The van der Waals surface area contributed by atoms with E-state index in [1.807, 2.05) is 12.1 Å². The Morgan fingerprint density at radius 3 is 2.29 bits per heavy atom. The van der Waals surface area contributed by atoms with Gasteiger partial charge in [-0.15, -0.1) is 0 Å². The number of halogens is 4. The van der Waals surface area contributed by atoms with Crippen molar-refractivity contribution in [3.8, 4) is 5.75 Å². The molecule has 0 fully saturated rings. The van der Waals surface area contributed by atoms with Gasteiger partial charge in [0, 0.05) is 30.6 Å². The van der Waals surface area contributed by atoms with Crippen LogP contribution in [0.15, 0.2) is 90.5 Å². The largest absolute Gasteiger partial charge is 0.482 e. The van der Waals surface area contributed by atoms with E-state index in [-0.39, 0.29) is 37.3 Å². The molecule has 0 aliphatic heterocycles. The van der Waals surface area contributed by atoms with Crippen molar-refractivity contribution in [3.05, 3.63) is 111 Å². The molecule has 0 aromatic heterocycles. The van der Waals surface area contributed by atoms with Crippen molar-refractivity contribution in [2.75, 3.05) is 13.2 Å². The molecule has 0 radical (unpaired) electrons. The average molecular weight is 680 g/mol. The quantitative estimate of drug-likeness (QED) is 0.288. The molecule has 0 saturated carbocycles. The van der Waals surface area contributed by atoms with Crippen molar-refractivity contribution < 1.29 is 37.7 Å². The van der Waals surface area contributed by atoms with E-state index in [2.05, 4.69) is 27.9 Å². The van der Waals surface area contributed by atoms with E-state index in [4.69, 9.17) is 4.74 Å². The van der Waals surface area contributed by atoms with Crippen LogP contribution >= 0.6 is 22.6 Å². The van der Waals surface area contributed by atoms with Crippen LogP contribution in [0.4, 0.5) is 13.2 Å². The zero-order valence-electron chi connectivity index (χ0n) is 21.7. The first kappa shape index (κ1) is 30.5. The van der Waals surface area contributed by atoms with E-state index < -0.39 is 41.8 Å². The molecule has 1 aliphatic rings. The maximum atomic E-state index is 13.9.